The number of para-hydroxylation sites is 2. The summed E-state index contributed by atoms with van der Waals surface area (Å²) in [6.45, 7) is 7.02. The maximum absolute atomic E-state index is 6.94. The molecular formula is C87H60N2O2. The number of rotatable bonds is 14. The van der Waals surface area contributed by atoms with Crippen LogP contribution in [0.5, 0.6) is 0 Å². The number of hydrogen-bond acceptors (Lipinski definition) is 4. The lowest BCUT2D eigenvalue weighted by Crippen LogP contribution is -2.16. The Bertz CT molecular complexity index is 5420. The molecule has 0 fully saturated rings. The number of anilines is 5. The average Bonchev–Trinajstić information content (AvgIpc) is 1.80. The molecule has 0 bridgehead atoms. The van der Waals surface area contributed by atoms with Gasteiger partial charge in [0.15, 0.2) is 0 Å². The molecule has 0 aliphatic heterocycles. The SMILES string of the molecule is C=C(/C=C\c1cc2c(cc1C)oc1cc3c(cc12)oc1cc2cc(N(c4ccccc4-c4ccccc4)c4ccc(-c5ccccc5)cc4-c4ccccc4)ccc2cc13)N(c1ccccc1-c1ccccc1)c1ccc(-c2ccccc2)cc1-c1ccccc1. The van der Waals surface area contributed by atoms with Gasteiger partial charge in [-0.3, -0.25) is 0 Å². The molecule has 430 valence electrons. The van der Waals surface area contributed by atoms with E-state index >= 15 is 0 Å². The summed E-state index contributed by atoms with van der Waals surface area (Å²) in [5.74, 6) is 0. The van der Waals surface area contributed by atoms with Gasteiger partial charge >= 0.3 is 0 Å². The third-order valence-electron chi connectivity index (χ3n) is 17.7. The van der Waals surface area contributed by atoms with Gasteiger partial charge in [0.1, 0.15) is 22.3 Å². The van der Waals surface area contributed by atoms with Crippen LogP contribution in [0, 0.1) is 6.92 Å². The quantitative estimate of drug-likeness (QED) is 0.102. The van der Waals surface area contributed by atoms with Crippen molar-refractivity contribution in [2.24, 2.45) is 0 Å². The van der Waals surface area contributed by atoms with Crippen molar-refractivity contribution in [2.45, 2.75) is 6.92 Å². The van der Waals surface area contributed by atoms with E-state index in [0.29, 0.717) is 0 Å². The van der Waals surface area contributed by atoms with Gasteiger partial charge in [-0.05, 0) is 164 Å². The van der Waals surface area contributed by atoms with Gasteiger partial charge in [-0.25, -0.2) is 0 Å². The summed E-state index contributed by atoms with van der Waals surface area (Å²) in [5, 5.41) is 6.23. The minimum Gasteiger partial charge on any atom is -0.456 e. The Morgan fingerprint density at radius 1 is 0.308 bits per heavy atom. The molecule has 91 heavy (non-hydrogen) atoms. The molecule has 0 saturated heterocycles. The summed E-state index contributed by atoms with van der Waals surface area (Å²) < 4.78 is 13.7. The molecule has 0 aliphatic carbocycles. The van der Waals surface area contributed by atoms with Crippen molar-refractivity contribution >= 4 is 89.2 Å². The summed E-state index contributed by atoms with van der Waals surface area (Å²) in [7, 11) is 0. The van der Waals surface area contributed by atoms with Gasteiger partial charge < -0.3 is 18.6 Å². The van der Waals surface area contributed by atoms with Gasteiger partial charge in [-0.2, -0.15) is 0 Å². The van der Waals surface area contributed by atoms with Crippen molar-refractivity contribution in [3.8, 4) is 66.8 Å². The zero-order valence-corrected chi connectivity index (χ0v) is 50.2. The third kappa shape index (κ3) is 10.2. The molecule has 16 rings (SSSR count). The third-order valence-corrected chi connectivity index (χ3v) is 17.7. The lowest BCUT2D eigenvalue weighted by atomic mass is 9.95. The molecule has 0 atom stereocenters. The Hall–Kier alpha value is -12.0. The maximum atomic E-state index is 6.94. The largest absolute Gasteiger partial charge is 0.456 e. The second kappa shape index (κ2) is 23.3. The van der Waals surface area contributed by atoms with Crippen LogP contribution >= 0.6 is 0 Å². The van der Waals surface area contributed by atoms with Crippen LogP contribution in [0.25, 0.3) is 127 Å². The highest BCUT2D eigenvalue weighted by atomic mass is 16.3. The van der Waals surface area contributed by atoms with Crippen LogP contribution in [0.2, 0.25) is 0 Å². The van der Waals surface area contributed by atoms with Crippen LogP contribution in [0.4, 0.5) is 28.4 Å². The predicted octanol–water partition coefficient (Wildman–Crippen LogP) is 24.8. The standard InChI is InChI=1S/C87H60N2O2/c1-58-49-84-76(51-66(58)42-41-59(2)88(80-39-23-21-37-72(80)62-29-13-5-14-30-62)82-47-44-67(60-25-9-3-10-26-60)52-74(82)64-33-17-7-18-34-64)78-56-87-79(57-86(78)90-84)77-54-69-43-46-71(50-70(69)55-85(77)91-87)89(81-40-24-22-38-73(81)63-31-15-6-16-32-63)83-48-45-68(61-27-11-4-12-28-61)53-75(83)65-35-19-8-20-36-65/h3-57H,2H2,1H3/b42-41-. The highest BCUT2D eigenvalue weighted by Gasteiger charge is 2.25. The lowest BCUT2D eigenvalue weighted by molar-refractivity contribution is 0.664. The van der Waals surface area contributed by atoms with Crippen LogP contribution in [-0.2, 0) is 0 Å². The number of nitrogens with zero attached hydrogens (tertiary/aromatic N) is 2. The molecule has 0 saturated carbocycles. The van der Waals surface area contributed by atoms with Crippen molar-refractivity contribution in [3.63, 3.8) is 0 Å². The van der Waals surface area contributed by atoms with E-state index in [9.17, 15) is 0 Å². The molecular weight excluding hydrogens is 1100 g/mol. The smallest absolute Gasteiger partial charge is 0.136 e. The molecule has 0 amide bonds. The summed E-state index contributed by atoms with van der Waals surface area (Å²) in [4.78, 5) is 4.74. The molecule has 4 nitrogen and oxygen atoms in total. The topological polar surface area (TPSA) is 32.8 Å². The van der Waals surface area contributed by atoms with Crippen LogP contribution in [0.3, 0.4) is 0 Å². The number of furan rings is 2. The second-order valence-electron chi connectivity index (χ2n) is 23.3. The highest BCUT2D eigenvalue weighted by molar-refractivity contribution is 6.17. The second-order valence-corrected chi connectivity index (χ2v) is 23.3. The van der Waals surface area contributed by atoms with Crippen LogP contribution in [0.1, 0.15) is 11.1 Å². The molecule has 2 aromatic heterocycles. The summed E-state index contributed by atoms with van der Waals surface area (Å²) in [6.07, 6.45) is 4.34. The number of allylic oxidation sites excluding steroid dienone is 1. The zero-order chi connectivity index (χ0) is 60.8. The van der Waals surface area contributed by atoms with Crippen molar-refractivity contribution in [3.05, 3.63) is 351 Å². The first kappa shape index (κ1) is 54.4. The van der Waals surface area contributed by atoms with Gasteiger partial charge in [0.2, 0.25) is 0 Å². The first-order valence-electron chi connectivity index (χ1n) is 31.0. The normalized spacial score (nSPS) is 11.6. The fourth-order valence-electron chi connectivity index (χ4n) is 13.2. The zero-order valence-electron chi connectivity index (χ0n) is 50.2. The summed E-state index contributed by atoms with van der Waals surface area (Å²) in [5.41, 5.74) is 25.0. The number of benzene rings is 14. The van der Waals surface area contributed by atoms with E-state index in [1.165, 1.54) is 5.56 Å². The van der Waals surface area contributed by atoms with Crippen molar-refractivity contribution < 1.29 is 8.83 Å². The van der Waals surface area contributed by atoms with Crippen molar-refractivity contribution in [1.82, 2.24) is 0 Å². The maximum Gasteiger partial charge on any atom is 0.136 e. The van der Waals surface area contributed by atoms with E-state index in [4.69, 9.17) is 15.4 Å². The van der Waals surface area contributed by atoms with E-state index in [1.807, 2.05) is 0 Å². The van der Waals surface area contributed by atoms with Gasteiger partial charge in [-0.15, -0.1) is 0 Å². The highest BCUT2D eigenvalue weighted by Crippen LogP contribution is 2.49. The van der Waals surface area contributed by atoms with Crippen LogP contribution in [0.15, 0.2) is 349 Å². The molecule has 2 heterocycles. The minimum absolute atomic E-state index is 0.802. The summed E-state index contributed by atoms with van der Waals surface area (Å²) >= 11 is 0. The monoisotopic (exact) mass is 1160 g/mol. The number of fused-ring (bicyclic) bond motifs is 7. The van der Waals surface area contributed by atoms with Crippen molar-refractivity contribution in [2.75, 3.05) is 9.80 Å². The Morgan fingerprint density at radius 3 is 1.25 bits per heavy atom. The molecule has 14 aromatic carbocycles. The number of hydrogen-bond donors (Lipinski definition) is 0. The first-order chi connectivity index (χ1) is 44.9. The minimum atomic E-state index is 0.802. The van der Waals surface area contributed by atoms with Gasteiger partial charge in [0.25, 0.3) is 0 Å². The molecule has 16 aromatic rings. The Balaban J connectivity index is 0.791. The molecule has 0 unspecified atom stereocenters. The van der Waals surface area contributed by atoms with E-state index in [1.54, 1.807) is 0 Å². The fourth-order valence-corrected chi connectivity index (χ4v) is 13.2. The first-order valence-corrected chi connectivity index (χ1v) is 31.0. The van der Waals surface area contributed by atoms with Gasteiger partial charge in [-0.1, -0.05) is 249 Å². The van der Waals surface area contributed by atoms with Crippen LogP contribution < -0.4 is 9.80 Å². The van der Waals surface area contributed by atoms with Gasteiger partial charge in [0, 0.05) is 55.2 Å². The molecule has 4 heteroatoms. The van der Waals surface area contributed by atoms with E-state index < -0.39 is 0 Å². The lowest BCUT2D eigenvalue weighted by Gasteiger charge is -2.30. The number of aryl methyl sites for hydroxylation is 1. The van der Waals surface area contributed by atoms with Crippen molar-refractivity contribution in [1.29, 1.82) is 0 Å². The fraction of sp³-hybridized carbons (Fsp3) is 0.0115. The predicted molar refractivity (Wildman–Crippen MR) is 384 cm³/mol. The van der Waals surface area contributed by atoms with E-state index in [-0.39, 0.29) is 0 Å². The Morgan fingerprint density at radius 2 is 0.703 bits per heavy atom. The Labute approximate surface area is 529 Å². The van der Waals surface area contributed by atoms with Crippen LogP contribution in [-0.4, -0.2) is 0 Å². The molecule has 0 spiro atoms. The Kier molecular flexibility index (Phi) is 13.9. The van der Waals surface area contributed by atoms with E-state index in [0.717, 1.165) is 161 Å². The molecule has 0 N–H and O–H groups in total. The van der Waals surface area contributed by atoms with Gasteiger partial charge in [0.05, 0.1) is 22.7 Å². The molecule has 0 aliphatic rings. The summed E-state index contributed by atoms with van der Waals surface area (Å²) in [6, 6.07) is 115. The molecule has 0 radical (unpaired) electrons. The van der Waals surface area contributed by atoms with E-state index in [2.05, 4.69) is 350 Å². The average molecular weight is 1170 g/mol.